The van der Waals surface area contributed by atoms with E-state index in [-0.39, 0.29) is 12.1 Å². The third-order valence-corrected chi connectivity index (χ3v) is 3.64. The number of benzene rings is 1. The number of likely N-dealkylation sites (tertiary alicyclic amines) is 1. The second-order valence-electron chi connectivity index (χ2n) is 4.62. The molecular weight excluding hydrogens is 232 g/mol. The highest BCUT2D eigenvalue weighted by molar-refractivity contribution is 5.75. The lowest BCUT2D eigenvalue weighted by Crippen LogP contribution is -2.57. The van der Waals surface area contributed by atoms with Crippen LogP contribution < -0.4 is 10.1 Å². The van der Waals surface area contributed by atoms with Gasteiger partial charge in [0.05, 0.1) is 5.69 Å². The Morgan fingerprint density at radius 3 is 3.06 bits per heavy atom. The Kier molecular flexibility index (Phi) is 2.45. The molecular formula is C13H16N2O3. The Hall–Kier alpha value is -1.75. The standard InChI is InChI=1S/C13H16N2O3/c1-9(16)15-8-7-13(17-2)12(15)14-10-5-3-4-6-11(10)18-13/h3-6,12,14H,7-8H2,1-2H3/t12-,13+/m0/s1. The van der Waals surface area contributed by atoms with Crippen LogP contribution >= 0.6 is 0 Å². The summed E-state index contributed by atoms with van der Waals surface area (Å²) in [7, 11) is 1.62. The molecule has 0 bridgehead atoms. The van der Waals surface area contributed by atoms with Gasteiger partial charge in [0.1, 0.15) is 5.75 Å². The van der Waals surface area contributed by atoms with Crippen molar-refractivity contribution in [1.82, 2.24) is 4.90 Å². The third-order valence-electron chi connectivity index (χ3n) is 3.64. The predicted octanol–water partition coefficient (Wildman–Crippen LogP) is 1.41. The molecule has 2 atom stereocenters. The molecule has 1 fully saturated rings. The van der Waals surface area contributed by atoms with E-state index in [0.29, 0.717) is 13.0 Å². The highest BCUT2D eigenvalue weighted by Gasteiger charge is 2.54. The summed E-state index contributed by atoms with van der Waals surface area (Å²) in [5.74, 6) is 0.00966. The topological polar surface area (TPSA) is 50.8 Å². The first kappa shape index (κ1) is 11.3. The van der Waals surface area contributed by atoms with E-state index in [9.17, 15) is 4.79 Å². The number of carbonyl (C=O) groups excluding carboxylic acids is 1. The Morgan fingerprint density at radius 2 is 2.33 bits per heavy atom. The van der Waals surface area contributed by atoms with E-state index in [4.69, 9.17) is 9.47 Å². The number of nitrogens with one attached hydrogen (secondary N) is 1. The fraction of sp³-hybridized carbons (Fsp3) is 0.462. The number of fused-ring (bicyclic) bond motifs is 2. The first-order valence-corrected chi connectivity index (χ1v) is 6.03. The molecule has 2 aliphatic rings. The zero-order valence-corrected chi connectivity index (χ0v) is 10.5. The van der Waals surface area contributed by atoms with Gasteiger partial charge >= 0.3 is 0 Å². The summed E-state index contributed by atoms with van der Waals surface area (Å²) in [5.41, 5.74) is 0.892. The Labute approximate surface area is 106 Å². The Morgan fingerprint density at radius 1 is 1.56 bits per heavy atom. The number of hydrogen-bond acceptors (Lipinski definition) is 4. The molecule has 0 spiro atoms. The maximum Gasteiger partial charge on any atom is 0.251 e. The summed E-state index contributed by atoms with van der Waals surface area (Å²) in [6.07, 6.45) is 0.393. The van der Waals surface area contributed by atoms with Crippen molar-refractivity contribution < 1.29 is 14.3 Å². The van der Waals surface area contributed by atoms with Gasteiger partial charge in [0.15, 0.2) is 6.17 Å². The van der Waals surface area contributed by atoms with E-state index in [1.807, 2.05) is 24.3 Å². The number of rotatable bonds is 1. The van der Waals surface area contributed by atoms with E-state index in [1.54, 1.807) is 18.9 Å². The number of para-hydroxylation sites is 2. The van der Waals surface area contributed by atoms with Crippen molar-refractivity contribution in [2.45, 2.75) is 25.3 Å². The molecule has 96 valence electrons. The van der Waals surface area contributed by atoms with Gasteiger partial charge in [-0.3, -0.25) is 4.79 Å². The molecule has 2 aliphatic heterocycles. The van der Waals surface area contributed by atoms with Crippen molar-refractivity contribution in [3.05, 3.63) is 24.3 Å². The van der Waals surface area contributed by atoms with Gasteiger partial charge in [-0.05, 0) is 12.1 Å². The summed E-state index contributed by atoms with van der Waals surface area (Å²) in [5, 5.41) is 3.34. The number of ether oxygens (including phenoxy) is 2. The lowest BCUT2D eigenvalue weighted by Gasteiger charge is -2.41. The van der Waals surface area contributed by atoms with E-state index in [1.165, 1.54) is 0 Å². The largest absolute Gasteiger partial charge is 0.456 e. The Balaban J connectivity index is 2.01. The van der Waals surface area contributed by atoms with Crippen LogP contribution in [0.3, 0.4) is 0 Å². The van der Waals surface area contributed by atoms with Crippen LogP contribution in [0.15, 0.2) is 24.3 Å². The quantitative estimate of drug-likeness (QED) is 0.816. The molecule has 1 amide bonds. The second-order valence-corrected chi connectivity index (χ2v) is 4.62. The monoisotopic (exact) mass is 248 g/mol. The first-order valence-electron chi connectivity index (χ1n) is 6.03. The third kappa shape index (κ3) is 1.47. The van der Waals surface area contributed by atoms with Crippen LogP contribution in [-0.2, 0) is 9.53 Å². The van der Waals surface area contributed by atoms with Crippen LogP contribution in [0.1, 0.15) is 13.3 Å². The molecule has 5 heteroatoms. The smallest absolute Gasteiger partial charge is 0.251 e. The molecule has 0 saturated carbocycles. The molecule has 1 N–H and O–H groups in total. The maximum absolute atomic E-state index is 11.6. The van der Waals surface area contributed by atoms with Gasteiger partial charge in [0.25, 0.3) is 5.79 Å². The van der Waals surface area contributed by atoms with Gasteiger partial charge in [0.2, 0.25) is 5.91 Å². The molecule has 5 nitrogen and oxygen atoms in total. The number of methoxy groups -OCH3 is 1. The molecule has 0 aliphatic carbocycles. The molecule has 18 heavy (non-hydrogen) atoms. The summed E-state index contributed by atoms with van der Waals surface area (Å²) >= 11 is 0. The van der Waals surface area contributed by atoms with Gasteiger partial charge in [-0.25, -0.2) is 0 Å². The van der Waals surface area contributed by atoms with E-state index < -0.39 is 5.79 Å². The number of carbonyl (C=O) groups is 1. The molecule has 0 aromatic heterocycles. The van der Waals surface area contributed by atoms with Crippen LogP contribution in [-0.4, -0.2) is 36.4 Å². The van der Waals surface area contributed by atoms with Gasteiger partial charge in [-0.1, -0.05) is 12.1 Å². The normalized spacial score (nSPS) is 29.0. The fourth-order valence-electron chi connectivity index (χ4n) is 2.68. The first-order chi connectivity index (χ1) is 8.66. The minimum atomic E-state index is -0.778. The van der Waals surface area contributed by atoms with Crippen LogP contribution in [0, 0.1) is 0 Å². The minimum Gasteiger partial charge on any atom is -0.456 e. The van der Waals surface area contributed by atoms with Crippen molar-refractivity contribution in [1.29, 1.82) is 0 Å². The molecule has 3 rings (SSSR count). The molecule has 0 radical (unpaired) electrons. The Bertz CT molecular complexity index is 491. The van der Waals surface area contributed by atoms with E-state index in [0.717, 1.165) is 11.4 Å². The number of amides is 1. The van der Waals surface area contributed by atoms with E-state index >= 15 is 0 Å². The average molecular weight is 248 g/mol. The van der Waals surface area contributed by atoms with Gasteiger partial charge in [-0.15, -0.1) is 0 Å². The summed E-state index contributed by atoms with van der Waals surface area (Å²) in [4.78, 5) is 13.4. The van der Waals surface area contributed by atoms with Crippen molar-refractivity contribution in [2.75, 3.05) is 19.0 Å². The molecule has 1 aromatic carbocycles. The minimum absolute atomic E-state index is 0.0226. The zero-order valence-electron chi connectivity index (χ0n) is 10.5. The summed E-state index contributed by atoms with van der Waals surface area (Å²) in [6, 6.07) is 7.69. The lowest BCUT2D eigenvalue weighted by atomic mass is 10.1. The summed E-state index contributed by atoms with van der Waals surface area (Å²) in [6.45, 7) is 2.20. The molecule has 1 saturated heterocycles. The van der Waals surface area contributed by atoms with Gasteiger partial charge in [-0.2, -0.15) is 0 Å². The number of nitrogens with zero attached hydrogens (tertiary/aromatic N) is 1. The average Bonchev–Trinajstić information content (AvgIpc) is 2.75. The van der Waals surface area contributed by atoms with Crippen molar-refractivity contribution in [2.24, 2.45) is 0 Å². The molecule has 0 unspecified atom stereocenters. The number of anilines is 1. The zero-order chi connectivity index (χ0) is 12.8. The SMILES string of the molecule is CO[C@@]12CCN(C(C)=O)[C@@H]1Nc1ccccc1O2. The van der Waals surface area contributed by atoms with Crippen molar-refractivity contribution in [3.63, 3.8) is 0 Å². The van der Waals surface area contributed by atoms with Crippen LogP contribution in [0.25, 0.3) is 0 Å². The van der Waals surface area contributed by atoms with Crippen LogP contribution in [0.4, 0.5) is 5.69 Å². The fourth-order valence-corrected chi connectivity index (χ4v) is 2.68. The highest BCUT2D eigenvalue weighted by Crippen LogP contribution is 2.42. The van der Waals surface area contributed by atoms with Crippen molar-refractivity contribution in [3.8, 4) is 5.75 Å². The molecule has 2 heterocycles. The van der Waals surface area contributed by atoms with Gasteiger partial charge < -0.3 is 19.7 Å². The van der Waals surface area contributed by atoms with Crippen LogP contribution in [0.2, 0.25) is 0 Å². The van der Waals surface area contributed by atoms with Crippen molar-refractivity contribution >= 4 is 11.6 Å². The maximum atomic E-state index is 11.6. The predicted molar refractivity (Wildman–Crippen MR) is 66.2 cm³/mol. The number of hydrogen-bond donors (Lipinski definition) is 1. The summed E-state index contributed by atoms with van der Waals surface area (Å²) < 4.78 is 11.6. The second kappa shape index (κ2) is 3.88. The lowest BCUT2D eigenvalue weighted by molar-refractivity contribution is -0.180. The van der Waals surface area contributed by atoms with Crippen LogP contribution in [0.5, 0.6) is 5.75 Å². The van der Waals surface area contributed by atoms with Gasteiger partial charge in [0, 0.05) is 27.0 Å². The highest BCUT2D eigenvalue weighted by atomic mass is 16.7. The molecule has 1 aromatic rings. The van der Waals surface area contributed by atoms with E-state index in [2.05, 4.69) is 5.32 Å².